The topological polar surface area (TPSA) is 23.6 Å². The number of rotatable bonds is 0. The Morgan fingerprint density at radius 1 is 1.24 bits per heavy atom. The van der Waals surface area contributed by atoms with Gasteiger partial charge in [0.05, 0.1) is 0 Å². The van der Waals surface area contributed by atoms with Crippen LogP contribution in [0.5, 0.6) is 0 Å². The summed E-state index contributed by atoms with van der Waals surface area (Å²) in [7, 11) is 0. The van der Waals surface area contributed by atoms with Crippen molar-refractivity contribution >= 4 is 6.03 Å². The van der Waals surface area contributed by atoms with Crippen LogP contribution in [0.1, 0.15) is 41.0 Å². The molecule has 1 fully saturated rings. The summed E-state index contributed by atoms with van der Waals surface area (Å²) in [6.45, 7) is 14.0. The van der Waals surface area contributed by atoms with Gasteiger partial charge in [-0.05, 0) is 13.3 Å². The Hall–Kier alpha value is -0.990. The number of amides is 2. The Morgan fingerprint density at radius 3 is 2.24 bits per heavy atom. The fourth-order valence-electron chi connectivity index (χ4n) is 2.27. The third kappa shape index (κ3) is 3.48. The van der Waals surface area contributed by atoms with Crippen molar-refractivity contribution in [2.75, 3.05) is 26.2 Å². The number of nitrogens with zero attached hydrogens (tertiary/aromatic N) is 2. The third-order valence-electron chi connectivity index (χ3n) is 3.22. The zero-order chi connectivity index (χ0) is 13.1. The molecule has 0 bridgehead atoms. The van der Waals surface area contributed by atoms with Gasteiger partial charge in [-0.1, -0.05) is 39.3 Å². The lowest BCUT2D eigenvalue weighted by atomic mass is 9.85. The molecule has 3 heteroatoms. The van der Waals surface area contributed by atoms with Gasteiger partial charge in [-0.25, -0.2) is 4.79 Å². The maximum Gasteiger partial charge on any atom is 0.320 e. The van der Waals surface area contributed by atoms with Crippen LogP contribution in [-0.4, -0.2) is 42.0 Å². The minimum absolute atomic E-state index is 0.220. The molecule has 98 valence electrons. The van der Waals surface area contributed by atoms with Gasteiger partial charge < -0.3 is 9.80 Å². The van der Waals surface area contributed by atoms with Crippen molar-refractivity contribution in [1.82, 2.24) is 9.80 Å². The van der Waals surface area contributed by atoms with Crippen molar-refractivity contribution in [3.05, 3.63) is 11.6 Å². The van der Waals surface area contributed by atoms with Crippen LogP contribution in [-0.2, 0) is 0 Å². The number of hydrogen-bond acceptors (Lipinski definition) is 1. The van der Waals surface area contributed by atoms with Gasteiger partial charge in [-0.15, -0.1) is 0 Å². The molecule has 0 atom stereocenters. The van der Waals surface area contributed by atoms with E-state index in [0.29, 0.717) is 5.41 Å². The summed E-state index contributed by atoms with van der Waals surface area (Å²) < 4.78 is 0. The van der Waals surface area contributed by atoms with E-state index in [1.54, 1.807) is 0 Å². The maximum absolute atomic E-state index is 12.0. The first-order valence-electron chi connectivity index (χ1n) is 6.67. The van der Waals surface area contributed by atoms with Crippen molar-refractivity contribution in [2.45, 2.75) is 41.0 Å². The minimum atomic E-state index is 0.220. The van der Waals surface area contributed by atoms with Crippen LogP contribution in [0.2, 0.25) is 0 Å². The quantitative estimate of drug-likeness (QED) is 0.595. The van der Waals surface area contributed by atoms with Gasteiger partial charge in [-0.2, -0.15) is 0 Å². The summed E-state index contributed by atoms with van der Waals surface area (Å²) in [5.41, 5.74) is 1.74. The van der Waals surface area contributed by atoms with E-state index in [1.807, 2.05) is 23.6 Å². The van der Waals surface area contributed by atoms with E-state index in [-0.39, 0.29) is 6.03 Å². The second kappa shape index (κ2) is 5.56. The molecule has 17 heavy (non-hydrogen) atoms. The number of urea groups is 1. The summed E-state index contributed by atoms with van der Waals surface area (Å²) in [6, 6.07) is 0.220. The molecule has 0 aromatic rings. The van der Waals surface area contributed by atoms with Crippen molar-refractivity contribution in [3.8, 4) is 0 Å². The monoisotopic (exact) mass is 238 g/mol. The SMILES string of the molecule is CC.CC1=CCN(C(=O)N2CC(C)(C)C2)CC1. The first-order chi connectivity index (χ1) is 7.98. The molecule has 2 aliphatic rings. The molecule has 0 aliphatic carbocycles. The highest BCUT2D eigenvalue weighted by atomic mass is 16.2. The van der Waals surface area contributed by atoms with E-state index >= 15 is 0 Å². The van der Waals surface area contributed by atoms with Gasteiger partial charge in [0.15, 0.2) is 0 Å². The Morgan fingerprint density at radius 2 is 1.82 bits per heavy atom. The van der Waals surface area contributed by atoms with Gasteiger partial charge in [0.2, 0.25) is 0 Å². The first kappa shape index (κ1) is 14.1. The normalized spacial score (nSPS) is 22.1. The molecule has 0 aromatic heterocycles. The Kier molecular flexibility index (Phi) is 4.61. The van der Waals surface area contributed by atoms with Crippen molar-refractivity contribution < 1.29 is 4.79 Å². The summed E-state index contributed by atoms with van der Waals surface area (Å²) in [5.74, 6) is 0. The molecule has 2 amide bonds. The highest BCUT2D eigenvalue weighted by Crippen LogP contribution is 2.29. The highest BCUT2D eigenvalue weighted by molar-refractivity contribution is 5.76. The van der Waals surface area contributed by atoms with Crippen molar-refractivity contribution in [1.29, 1.82) is 0 Å². The zero-order valence-electron chi connectivity index (χ0n) is 11.9. The lowest BCUT2D eigenvalue weighted by molar-refractivity contribution is 0.0436. The molecule has 0 unspecified atom stereocenters. The molecule has 0 radical (unpaired) electrons. The zero-order valence-corrected chi connectivity index (χ0v) is 11.9. The fraction of sp³-hybridized carbons (Fsp3) is 0.786. The van der Waals surface area contributed by atoms with Gasteiger partial charge in [0, 0.05) is 31.6 Å². The molecular formula is C14H26N2O. The Bertz CT molecular complexity index is 299. The van der Waals surface area contributed by atoms with Crippen LogP contribution in [0.3, 0.4) is 0 Å². The van der Waals surface area contributed by atoms with E-state index in [2.05, 4.69) is 26.8 Å². The molecule has 0 N–H and O–H groups in total. The van der Waals surface area contributed by atoms with Gasteiger partial charge in [0.25, 0.3) is 0 Å². The lowest BCUT2D eigenvalue weighted by Gasteiger charge is -2.47. The van der Waals surface area contributed by atoms with E-state index in [1.165, 1.54) is 5.57 Å². The second-order valence-electron chi connectivity index (χ2n) is 5.55. The number of likely N-dealkylation sites (tertiary alicyclic amines) is 1. The number of carbonyl (C=O) groups excluding carboxylic acids is 1. The predicted molar refractivity (Wildman–Crippen MR) is 72.0 cm³/mol. The average molecular weight is 238 g/mol. The molecule has 2 rings (SSSR count). The highest BCUT2D eigenvalue weighted by Gasteiger charge is 2.38. The van der Waals surface area contributed by atoms with Crippen LogP contribution in [0.4, 0.5) is 4.79 Å². The van der Waals surface area contributed by atoms with E-state index in [0.717, 1.165) is 32.6 Å². The smallest absolute Gasteiger partial charge is 0.320 e. The number of hydrogen-bond donors (Lipinski definition) is 0. The number of carbonyl (C=O) groups is 1. The van der Waals surface area contributed by atoms with Crippen LogP contribution in [0.25, 0.3) is 0 Å². The lowest BCUT2D eigenvalue weighted by Crippen LogP contribution is -2.59. The molecule has 1 saturated heterocycles. The van der Waals surface area contributed by atoms with Gasteiger partial charge in [-0.3, -0.25) is 0 Å². The summed E-state index contributed by atoms with van der Waals surface area (Å²) >= 11 is 0. The average Bonchev–Trinajstić information content (AvgIpc) is 2.28. The van der Waals surface area contributed by atoms with Crippen LogP contribution >= 0.6 is 0 Å². The van der Waals surface area contributed by atoms with E-state index in [4.69, 9.17) is 0 Å². The molecule has 2 heterocycles. The van der Waals surface area contributed by atoms with E-state index < -0.39 is 0 Å². The van der Waals surface area contributed by atoms with Crippen molar-refractivity contribution in [2.24, 2.45) is 5.41 Å². The molecule has 0 saturated carbocycles. The van der Waals surface area contributed by atoms with E-state index in [9.17, 15) is 4.79 Å². The third-order valence-corrected chi connectivity index (χ3v) is 3.22. The summed E-state index contributed by atoms with van der Waals surface area (Å²) in [6.07, 6.45) is 3.19. The fourth-order valence-corrected chi connectivity index (χ4v) is 2.27. The van der Waals surface area contributed by atoms with Crippen LogP contribution in [0.15, 0.2) is 11.6 Å². The molecule has 0 spiro atoms. The Balaban J connectivity index is 0.000000686. The van der Waals surface area contributed by atoms with Crippen LogP contribution < -0.4 is 0 Å². The molecule has 3 nitrogen and oxygen atoms in total. The largest absolute Gasteiger partial charge is 0.323 e. The Labute approximate surface area is 105 Å². The standard InChI is InChI=1S/C12H20N2O.C2H6/c1-10-4-6-13(7-5-10)11(15)14-8-12(2,3)9-14;1-2/h4H,5-9H2,1-3H3;1-2H3. The van der Waals surface area contributed by atoms with Crippen LogP contribution in [0, 0.1) is 5.41 Å². The predicted octanol–water partition coefficient (Wildman–Crippen LogP) is 3.13. The van der Waals surface area contributed by atoms with Gasteiger partial charge in [0.1, 0.15) is 0 Å². The minimum Gasteiger partial charge on any atom is -0.323 e. The summed E-state index contributed by atoms with van der Waals surface area (Å²) in [4.78, 5) is 15.9. The maximum atomic E-state index is 12.0. The molecule has 0 aromatic carbocycles. The first-order valence-corrected chi connectivity index (χ1v) is 6.67. The van der Waals surface area contributed by atoms with Gasteiger partial charge >= 0.3 is 6.03 Å². The van der Waals surface area contributed by atoms with Crippen molar-refractivity contribution in [3.63, 3.8) is 0 Å². The molecule has 2 aliphatic heterocycles. The molecular weight excluding hydrogens is 212 g/mol. The second-order valence-corrected chi connectivity index (χ2v) is 5.55. The summed E-state index contributed by atoms with van der Waals surface area (Å²) in [5, 5.41) is 0.